The lowest BCUT2D eigenvalue weighted by molar-refractivity contribution is -0.274. The number of aromatic nitrogens is 5. The molecule has 1 aliphatic carbocycles. The summed E-state index contributed by atoms with van der Waals surface area (Å²) in [6, 6.07) is 5.93. The summed E-state index contributed by atoms with van der Waals surface area (Å²) in [5.74, 6) is 0.428. The van der Waals surface area contributed by atoms with Crippen molar-refractivity contribution in [2.75, 3.05) is 11.9 Å². The third-order valence-electron chi connectivity index (χ3n) is 5.99. The largest absolute Gasteiger partial charge is 0.573 e. The van der Waals surface area contributed by atoms with Crippen molar-refractivity contribution in [1.82, 2.24) is 24.8 Å². The summed E-state index contributed by atoms with van der Waals surface area (Å²) in [6.45, 7) is 0.695. The number of ether oxygens (including phenoxy) is 1. The van der Waals surface area contributed by atoms with Crippen LogP contribution >= 0.6 is 11.6 Å². The van der Waals surface area contributed by atoms with Crippen molar-refractivity contribution in [3.63, 3.8) is 0 Å². The Morgan fingerprint density at radius 1 is 1.19 bits per heavy atom. The Kier molecular flexibility index (Phi) is 5.32. The van der Waals surface area contributed by atoms with Crippen molar-refractivity contribution in [3.8, 4) is 5.75 Å². The van der Waals surface area contributed by atoms with Crippen molar-refractivity contribution >= 4 is 33.8 Å². The number of benzene rings is 1. The van der Waals surface area contributed by atoms with E-state index in [-0.39, 0.29) is 10.8 Å². The second kappa shape index (κ2) is 8.16. The molecular weight excluding hydrogens is 445 g/mol. The Morgan fingerprint density at radius 2 is 2.00 bits per heavy atom. The Bertz CT molecular complexity index is 1250. The van der Waals surface area contributed by atoms with Crippen LogP contribution in [0.1, 0.15) is 37.3 Å². The lowest BCUT2D eigenvalue weighted by Gasteiger charge is -2.28. The maximum Gasteiger partial charge on any atom is 0.573 e. The molecule has 3 heterocycles. The number of nitrogens with one attached hydrogen (secondary N) is 2. The van der Waals surface area contributed by atoms with E-state index in [1.807, 2.05) is 12.3 Å². The van der Waals surface area contributed by atoms with E-state index in [1.165, 1.54) is 18.2 Å². The Labute approximate surface area is 185 Å². The van der Waals surface area contributed by atoms with Gasteiger partial charge >= 0.3 is 6.36 Å². The number of halogens is 4. The molecule has 3 aromatic heterocycles. The van der Waals surface area contributed by atoms with E-state index >= 15 is 0 Å². The molecule has 0 saturated heterocycles. The highest BCUT2D eigenvalue weighted by Crippen LogP contribution is 2.38. The zero-order chi connectivity index (χ0) is 22.3. The molecule has 32 heavy (non-hydrogen) atoms. The van der Waals surface area contributed by atoms with Crippen LogP contribution in [0.3, 0.4) is 0 Å². The Hall–Kier alpha value is -3.01. The normalized spacial score (nSPS) is 19.5. The third-order valence-corrected chi connectivity index (χ3v) is 6.30. The van der Waals surface area contributed by atoms with Crippen molar-refractivity contribution in [2.45, 2.75) is 38.0 Å². The molecule has 0 bridgehead atoms. The van der Waals surface area contributed by atoms with Crippen LogP contribution in [-0.2, 0) is 0 Å². The first-order chi connectivity index (χ1) is 15.4. The monoisotopic (exact) mass is 464 g/mol. The molecule has 7 nitrogen and oxygen atoms in total. The second-order valence-electron chi connectivity index (χ2n) is 8.04. The van der Waals surface area contributed by atoms with Crippen LogP contribution < -0.4 is 10.1 Å². The van der Waals surface area contributed by atoms with Gasteiger partial charge in [0.2, 0.25) is 0 Å². The number of alkyl halides is 3. The second-order valence-corrected chi connectivity index (χ2v) is 8.45. The smallest absolute Gasteiger partial charge is 0.406 e. The number of rotatable bonds is 5. The van der Waals surface area contributed by atoms with Gasteiger partial charge in [-0.05, 0) is 49.8 Å². The van der Waals surface area contributed by atoms with Gasteiger partial charge in [0.15, 0.2) is 0 Å². The standard InChI is InChI=1S/C21H20ClF3N6O/c22-16-9-14(32-21(23,24)25)5-6-17(16)27-10-12-1-3-13(4-2-12)18-19-15-7-8-26-20(15)28-11-31(19)30-29-18/h5-9,11-13,26-27H,1-4,10H2. The molecule has 0 radical (unpaired) electrons. The lowest BCUT2D eigenvalue weighted by atomic mass is 9.80. The predicted molar refractivity (Wildman–Crippen MR) is 114 cm³/mol. The highest BCUT2D eigenvalue weighted by atomic mass is 35.5. The van der Waals surface area contributed by atoms with Gasteiger partial charge in [-0.15, -0.1) is 18.3 Å². The van der Waals surface area contributed by atoms with Gasteiger partial charge in [0.1, 0.15) is 23.2 Å². The van der Waals surface area contributed by atoms with E-state index in [1.54, 1.807) is 10.8 Å². The van der Waals surface area contributed by atoms with E-state index in [0.29, 0.717) is 24.1 Å². The Balaban J connectivity index is 1.21. The van der Waals surface area contributed by atoms with Gasteiger partial charge < -0.3 is 15.0 Å². The van der Waals surface area contributed by atoms with Gasteiger partial charge in [-0.25, -0.2) is 9.50 Å². The van der Waals surface area contributed by atoms with Crippen molar-refractivity contribution in [1.29, 1.82) is 0 Å². The topological polar surface area (TPSA) is 80.1 Å². The molecule has 1 saturated carbocycles. The maximum absolute atomic E-state index is 12.3. The number of hydrogen-bond acceptors (Lipinski definition) is 5. The van der Waals surface area contributed by atoms with Crippen LogP contribution in [-0.4, -0.2) is 37.7 Å². The fraction of sp³-hybridized carbons (Fsp3) is 0.381. The third kappa shape index (κ3) is 4.19. The molecule has 0 aliphatic heterocycles. The molecule has 11 heteroatoms. The molecule has 1 aliphatic rings. The van der Waals surface area contributed by atoms with Gasteiger partial charge in [0.05, 0.1) is 16.4 Å². The number of nitrogens with zero attached hydrogens (tertiary/aromatic N) is 4. The number of hydrogen-bond donors (Lipinski definition) is 2. The molecule has 1 aromatic carbocycles. The molecule has 0 amide bonds. The summed E-state index contributed by atoms with van der Waals surface area (Å²) >= 11 is 6.13. The molecular formula is C21H20ClF3N6O. The minimum Gasteiger partial charge on any atom is -0.406 e. The van der Waals surface area contributed by atoms with E-state index in [2.05, 4.69) is 30.3 Å². The highest BCUT2D eigenvalue weighted by molar-refractivity contribution is 6.33. The summed E-state index contributed by atoms with van der Waals surface area (Å²) in [7, 11) is 0. The summed E-state index contributed by atoms with van der Waals surface area (Å²) < 4.78 is 42.7. The average molecular weight is 465 g/mol. The maximum atomic E-state index is 12.3. The van der Waals surface area contributed by atoms with Crippen molar-refractivity contribution in [3.05, 3.63) is 47.5 Å². The predicted octanol–water partition coefficient (Wildman–Crippen LogP) is 5.54. The first kappa shape index (κ1) is 20.9. The SMILES string of the molecule is FC(F)(F)Oc1ccc(NCC2CCC(c3nnn4cnc5[nH]ccc5c34)CC2)c(Cl)c1. The van der Waals surface area contributed by atoms with Crippen LogP contribution in [0.5, 0.6) is 5.75 Å². The van der Waals surface area contributed by atoms with E-state index < -0.39 is 6.36 Å². The van der Waals surface area contributed by atoms with Crippen LogP contribution in [0, 0.1) is 5.92 Å². The van der Waals surface area contributed by atoms with E-state index in [9.17, 15) is 13.2 Å². The molecule has 4 aromatic rings. The summed E-state index contributed by atoms with van der Waals surface area (Å²) in [5, 5.41) is 13.2. The highest BCUT2D eigenvalue weighted by Gasteiger charge is 2.31. The fourth-order valence-corrected chi connectivity index (χ4v) is 4.66. The minimum atomic E-state index is -4.74. The van der Waals surface area contributed by atoms with Crippen molar-refractivity contribution < 1.29 is 17.9 Å². The molecule has 168 valence electrons. The van der Waals surface area contributed by atoms with Crippen molar-refractivity contribution in [2.24, 2.45) is 5.92 Å². The number of H-pyrrole nitrogens is 1. The molecule has 0 unspecified atom stereocenters. The molecule has 0 spiro atoms. The average Bonchev–Trinajstić information content (AvgIpc) is 3.39. The number of anilines is 1. The molecule has 2 N–H and O–H groups in total. The quantitative estimate of drug-likeness (QED) is 0.405. The van der Waals surface area contributed by atoms with Gasteiger partial charge in [0.25, 0.3) is 0 Å². The summed E-state index contributed by atoms with van der Waals surface area (Å²) in [5.41, 5.74) is 3.43. The number of aromatic amines is 1. The van der Waals surface area contributed by atoms with Gasteiger partial charge in [-0.1, -0.05) is 16.8 Å². The fourth-order valence-electron chi connectivity index (χ4n) is 4.42. The Morgan fingerprint density at radius 3 is 2.75 bits per heavy atom. The van der Waals surface area contributed by atoms with Gasteiger partial charge in [-0.2, -0.15) is 0 Å². The zero-order valence-corrected chi connectivity index (χ0v) is 17.6. The number of fused-ring (bicyclic) bond motifs is 3. The van der Waals surface area contributed by atoms with Crippen LogP contribution in [0.4, 0.5) is 18.9 Å². The van der Waals surface area contributed by atoms with Gasteiger partial charge in [-0.3, -0.25) is 0 Å². The molecule has 5 rings (SSSR count). The summed E-state index contributed by atoms with van der Waals surface area (Å²) in [4.78, 5) is 7.47. The van der Waals surface area contributed by atoms with E-state index in [4.69, 9.17) is 11.6 Å². The summed E-state index contributed by atoms with van der Waals surface area (Å²) in [6.07, 6.45) is 2.78. The first-order valence-electron chi connectivity index (χ1n) is 10.3. The van der Waals surface area contributed by atoms with Crippen LogP contribution in [0.25, 0.3) is 16.6 Å². The van der Waals surface area contributed by atoms with Crippen LogP contribution in [0.2, 0.25) is 5.02 Å². The molecule has 0 atom stereocenters. The van der Waals surface area contributed by atoms with Gasteiger partial charge in [0, 0.05) is 30.1 Å². The first-order valence-corrected chi connectivity index (χ1v) is 10.7. The minimum absolute atomic E-state index is 0.195. The lowest BCUT2D eigenvalue weighted by Crippen LogP contribution is -2.21. The van der Waals surface area contributed by atoms with E-state index in [0.717, 1.165) is 47.9 Å². The zero-order valence-electron chi connectivity index (χ0n) is 16.9. The molecule has 1 fully saturated rings. The van der Waals surface area contributed by atoms with Crippen LogP contribution in [0.15, 0.2) is 36.8 Å².